The summed E-state index contributed by atoms with van der Waals surface area (Å²) in [6.45, 7) is 2.19. The Bertz CT molecular complexity index is 2380. The van der Waals surface area contributed by atoms with Gasteiger partial charge in [0.25, 0.3) is 0 Å². The van der Waals surface area contributed by atoms with Gasteiger partial charge < -0.3 is 10.0 Å². The van der Waals surface area contributed by atoms with Crippen molar-refractivity contribution in [2.45, 2.75) is 12.8 Å². The number of rotatable bonds is 9. The molecule has 2 heterocycles. The molecule has 8 aromatic rings. The molecular formula is C48H36N3OPt-. The van der Waals surface area contributed by atoms with Gasteiger partial charge in [-0.3, -0.25) is 4.98 Å². The monoisotopic (exact) mass is 865 g/mol. The Labute approximate surface area is 325 Å². The number of hydrogen-bond donors (Lipinski definition) is 1. The van der Waals surface area contributed by atoms with Crippen molar-refractivity contribution in [3.63, 3.8) is 0 Å². The number of hydrogen-bond acceptors (Lipinski definition) is 4. The van der Waals surface area contributed by atoms with Gasteiger partial charge in [0.15, 0.2) is 0 Å². The fourth-order valence-electron chi connectivity index (χ4n) is 6.63. The van der Waals surface area contributed by atoms with Crippen LogP contribution in [0.1, 0.15) is 24.0 Å². The van der Waals surface area contributed by atoms with Gasteiger partial charge in [0, 0.05) is 44.4 Å². The van der Waals surface area contributed by atoms with Gasteiger partial charge in [0.2, 0.25) is 0 Å². The Hall–Kier alpha value is -6.09. The number of phenolic OH excluding ortho intramolecular Hbond substituents is 1. The third-order valence-electron chi connectivity index (χ3n) is 9.40. The van der Waals surface area contributed by atoms with Crippen LogP contribution in [-0.4, -0.2) is 15.1 Å². The Morgan fingerprint density at radius 3 is 1.77 bits per heavy atom. The van der Waals surface area contributed by atoms with Crippen LogP contribution in [-0.2, 0) is 21.1 Å². The minimum atomic E-state index is 0. The molecule has 53 heavy (non-hydrogen) atoms. The number of aromatic hydroxyl groups is 1. The third-order valence-corrected chi connectivity index (χ3v) is 9.40. The van der Waals surface area contributed by atoms with E-state index in [1.54, 1.807) is 6.07 Å². The van der Waals surface area contributed by atoms with E-state index in [1.807, 2.05) is 79.0 Å². The molecule has 6 aromatic carbocycles. The summed E-state index contributed by atoms with van der Waals surface area (Å²) in [5.74, 6) is 1.09. The van der Waals surface area contributed by atoms with Gasteiger partial charge in [0.1, 0.15) is 11.6 Å². The largest absolute Gasteiger partial charge is 0.507 e. The normalized spacial score (nSPS) is 11.3. The second kappa shape index (κ2) is 16.1. The first kappa shape index (κ1) is 35.3. The number of benzene rings is 6. The Balaban J connectivity index is 0.00000435. The molecule has 0 amide bonds. The maximum atomic E-state index is 11.4. The molecule has 0 aliphatic heterocycles. The van der Waals surface area contributed by atoms with Crippen molar-refractivity contribution in [3.8, 4) is 50.5 Å². The van der Waals surface area contributed by atoms with Crippen molar-refractivity contribution in [2.24, 2.45) is 0 Å². The smallest absolute Gasteiger partial charge is 0.136 e. The second-order valence-electron chi connectivity index (χ2n) is 12.8. The Kier molecular flexibility index (Phi) is 10.7. The van der Waals surface area contributed by atoms with Gasteiger partial charge in [-0.15, -0.1) is 23.8 Å². The summed E-state index contributed by atoms with van der Waals surface area (Å²) in [6.07, 6.45) is 1.81. The minimum Gasteiger partial charge on any atom is -0.507 e. The van der Waals surface area contributed by atoms with Crippen molar-refractivity contribution in [3.05, 3.63) is 205 Å². The fraction of sp³-hybridized carbons (Fsp3) is 0.0417. The van der Waals surface area contributed by atoms with Crippen LogP contribution in [0.15, 0.2) is 188 Å². The van der Waals surface area contributed by atoms with E-state index < -0.39 is 0 Å². The molecule has 8 rings (SSSR count). The van der Waals surface area contributed by atoms with Crippen molar-refractivity contribution in [1.82, 2.24) is 9.97 Å². The van der Waals surface area contributed by atoms with Gasteiger partial charge in [-0.25, -0.2) is 4.98 Å². The quantitative estimate of drug-likeness (QED) is 0.147. The van der Waals surface area contributed by atoms with Gasteiger partial charge >= 0.3 is 0 Å². The molecule has 1 unspecified atom stereocenters. The predicted octanol–water partition coefficient (Wildman–Crippen LogP) is 12.3. The van der Waals surface area contributed by atoms with E-state index in [-0.39, 0.29) is 32.7 Å². The first-order chi connectivity index (χ1) is 25.6. The van der Waals surface area contributed by atoms with E-state index in [9.17, 15) is 5.11 Å². The summed E-state index contributed by atoms with van der Waals surface area (Å²) in [6, 6.07) is 65.4. The predicted molar refractivity (Wildman–Crippen MR) is 213 cm³/mol. The van der Waals surface area contributed by atoms with E-state index in [4.69, 9.17) is 9.97 Å². The molecule has 0 spiro atoms. The molecule has 0 radical (unpaired) electrons. The first-order valence-electron chi connectivity index (χ1n) is 17.5. The van der Waals surface area contributed by atoms with Gasteiger partial charge in [0.05, 0.1) is 5.69 Å². The number of phenols is 1. The standard InChI is InChI=1S/C48H36N3O.Pt/c1-34(35-16-6-2-7-17-35)38-25-26-47(52)44(31-38)46-33-40(37-20-10-4-11-21-37)32-45(50-46)41-28-39(36-18-8-3-9-19-36)29-43(30-41)51(42-22-12-5-13-23-42)48-24-14-15-27-49-48;/h2-29,31-34,52H,1H3;/q-1;. The second-order valence-corrected chi connectivity index (χ2v) is 12.8. The maximum Gasteiger partial charge on any atom is 0.136 e. The fourth-order valence-corrected chi connectivity index (χ4v) is 6.63. The van der Waals surface area contributed by atoms with E-state index in [2.05, 4.69) is 121 Å². The summed E-state index contributed by atoms with van der Waals surface area (Å²) < 4.78 is 0. The molecule has 260 valence electrons. The molecule has 4 nitrogen and oxygen atoms in total. The van der Waals surface area contributed by atoms with E-state index in [1.165, 1.54) is 5.56 Å². The van der Waals surface area contributed by atoms with Gasteiger partial charge in [-0.2, -0.15) is 0 Å². The molecule has 1 N–H and O–H groups in total. The van der Waals surface area contributed by atoms with Gasteiger partial charge in [-0.05, 0) is 81.7 Å². The average molecular weight is 866 g/mol. The van der Waals surface area contributed by atoms with Crippen LogP contribution in [0.3, 0.4) is 0 Å². The molecule has 0 bridgehead atoms. The molecular weight excluding hydrogens is 830 g/mol. The number of para-hydroxylation sites is 1. The van der Waals surface area contributed by atoms with Crippen LogP contribution in [0.2, 0.25) is 0 Å². The zero-order chi connectivity index (χ0) is 35.3. The summed E-state index contributed by atoms with van der Waals surface area (Å²) in [4.78, 5) is 12.2. The number of anilines is 3. The van der Waals surface area contributed by atoms with E-state index >= 15 is 0 Å². The topological polar surface area (TPSA) is 49.2 Å². The molecule has 0 fully saturated rings. The molecule has 1 atom stereocenters. The first-order valence-corrected chi connectivity index (χ1v) is 17.5. The van der Waals surface area contributed by atoms with Crippen molar-refractivity contribution in [2.75, 3.05) is 4.90 Å². The SMILES string of the molecule is CC(c1ccccc1)c1ccc(O)c(-c2cc(-c3ccccc3)cc(-c3[c-]c(N(c4ccccc4)c4ccccn4)cc(-c4ccccc4)c3)n2)c1.[Pt]. The van der Waals surface area contributed by atoms with Crippen LogP contribution in [0, 0.1) is 6.07 Å². The summed E-state index contributed by atoms with van der Waals surface area (Å²) >= 11 is 0. The van der Waals surface area contributed by atoms with Crippen molar-refractivity contribution in [1.29, 1.82) is 0 Å². The minimum absolute atomic E-state index is 0. The summed E-state index contributed by atoms with van der Waals surface area (Å²) in [5, 5.41) is 11.4. The average Bonchev–Trinajstić information content (AvgIpc) is 3.22. The molecule has 5 heteroatoms. The Morgan fingerprint density at radius 2 is 1.13 bits per heavy atom. The zero-order valence-electron chi connectivity index (χ0n) is 29.1. The van der Waals surface area contributed by atoms with Crippen LogP contribution in [0.5, 0.6) is 5.75 Å². The van der Waals surface area contributed by atoms with Crippen LogP contribution in [0.4, 0.5) is 17.2 Å². The molecule has 0 saturated heterocycles. The van der Waals surface area contributed by atoms with E-state index in [0.29, 0.717) is 11.3 Å². The molecule has 2 aromatic heterocycles. The van der Waals surface area contributed by atoms with Crippen LogP contribution < -0.4 is 4.90 Å². The van der Waals surface area contributed by atoms with Crippen molar-refractivity contribution < 1.29 is 26.2 Å². The van der Waals surface area contributed by atoms with E-state index in [0.717, 1.165) is 56.3 Å². The van der Waals surface area contributed by atoms with Crippen LogP contribution in [0.25, 0.3) is 44.8 Å². The third kappa shape index (κ3) is 7.74. The van der Waals surface area contributed by atoms with Gasteiger partial charge in [-0.1, -0.05) is 140 Å². The summed E-state index contributed by atoms with van der Waals surface area (Å²) in [5.41, 5.74) is 11.2. The summed E-state index contributed by atoms with van der Waals surface area (Å²) in [7, 11) is 0. The molecule has 0 aliphatic rings. The van der Waals surface area contributed by atoms with Crippen LogP contribution >= 0.6 is 0 Å². The molecule has 0 aliphatic carbocycles. The zero-order valence-corrected chi connectivity index (χ0v) is 31.4. The molecule has 0 saturated carbocycles. The number of pyridine rings is 2. The number of aromatic nitrogens is 2. The Morgan fingerprint density at radius 1 is 0.547 bits per heavy atom. The van der Waals surface area contributed by atoms with Crippen molar-refractivity contribution >= 4 is 17.2 Å². The number of nitrogens with zero attached hydrogens (tertiary/aromatic N) is 3. The maximum absolute atomic E-state index is 11.4.